The molecule has 9 heteroatoms. The monoisotopic (exact) mass is 451 g/mol. The number of rotatable bonds is 2. The fourth-order valence-electron chi connectivity index (χ4n) is 4.27. The Morgan fingerprint density at radius 3 is 2.41 bits per heavy atom. The standard InChI is InChI=1S/C23H27BClN5O2/c1-14-13-29(20-10-8-17(25)12-26-20)19-11-16(24-31-22(3,4)23(5,6)32-24)7-9-18(19)30-15(2)27-28-21(14)30/h7-12,14H,13H2,1-6H3/t14-/m1/s1. The van der Waals surface area contributed by atoms with Crippen molar-refractivity contribution in [2.75, 3.05) is 11.4 Å². The van der Waals surface area contributed by atoms with Gasteiger partial charge in [-0.2, -0.15) is 0 Å². The lowest BCUT2D eigenvalue weighted by atomic mass is 9.78. The molecule has 2 aromatic heterocycles. The third-order valence-electron chi connectivity index (χ3n) is 6.79. The molecule has 2 aliphatic rings. The first-order chi connectivity index (χ1) is 15.1. The van der Waals surface area contributed by atoms with E-state index in [1.807, 2.05) is 19.1 Å². The summed E-state index contributed by atoms with van der Waals surface area (Å²) in [5.41, 5.74) is 2.15. The minimum Gasteiger partial charge on any atom is -0.399 e. The molecule has 7 nitrogen and oxygen atoms in total. The second kappa shape index (κ2) is 7.30. The van der Waals surface area contributed by atoms with Gasteiger partial charge in [-0.1, -0.05) is 24.6 Å². The van der Waals surface area contributed by atoms with Gasteiger partial charge in [-0.3, -0.25) is 4.57 Å². The first-order valence-electron chi connectivity index (χ1n) is 10.9. The molecule has 0 amide bonds. The fourth-order valence-corrected chi connectivity index (χ4v) is 4.38. The molecule has 0 bridgehead atoms. The Labute approximate surface area is 193 Å². The molecule has 0 unspecified atom stereocenters. The van der Waals surface area contributed by atoms with E-state index in [1.54, 1.807) is 6.20 Å². The number of pyridine rings is 1. The molecule has 3 aromatic rings. The van der Waals surface area contributed by atoms with Crippen molar-refractivity contribution in [3.8, 4) is 5.69 Å². The Bertz CT molecular complexity index is 1160. The van der Waals surface area contributed by atoms with Gasteiger partial charge in [0.2, 0.25) is 0 Å². The third-order valence-corrected chi connectivity index (χ3v) is 7.02. The maximum Gasteiger partial charge on any atom is 0.494 e. The van der Waals surface area contributed by atoms with Crippen LogP contribution >= 0.6 is 11.6 Å². The predicted octanol–water partition coefficient (Wildman–Crippen LogP) is 4.18. The Morgan fingerprint density at radius 1 is 1.03 bits per heavy atom. The largest absolute Gasteiger partial charge is 0.494 e. The zero-order valence-electron chi connectivity index (χ0n) is 19.3. The van der Waals surface area contributed by atoms with Crippen LogP contribution in [0.2, 0.25) is 5.02 Å². The lowest BCUT2D eigenvalue weighted by molar-refractivity contribution is 0.00578. The Balaban J connectivity index is 1.66. The number of aromatic nitrogens is 4. The molecule has 2 aliphatic heterocycles. The van der Waals surface area contributed by atoms with Crippen molar-refractivity contribution < 1.29 is 9.31 Å². The van der Waals surface area contributed by atoms with Crippen LogP contribution in [0.5, 0.6) is 0 Å². The van der Waals surface area contributed by atoms with Crippen LogP contribution in [0.4, 0.5) is 11.5 Å². The van der Waals surface area contributed by atoms with E-state index < -0.39 is 18.3 Å². The number of aryl methyl sites for hydroxylation is 1. The van der Waals surface area contributed by atoms with Crippen LogP contribution in [0, 0.1) is 6.92 Å². The summed E-state index contributed by atoms with van der Waals surface area (Å²) in [4.78, 5) is 6.81. The van der Waals surface area contributed by atoms with Gasteiger partial charge >= 0.3 is 7.12 Å². The summed E-state index contributed by atoms with van der Waals surface area (Å²) in [6.07, 6.45) is 1.68. The molecule has 0 aliphatic carbocycles. The molecule has 0 spiro atoms. The number of benzene rings is 1. The van der Waals surface area contributed by atoms with Crippen LogP contribution in [-0.4, -0.2) is 44.6 Å². The minimum atomic E-state index is -0.451. The van der Waals surface area contributed by atoms with Gasteiger partial charge in [-0.15, -0.1) is 10.2 Å². The molecule has 0 saturated carbocycles. The molecule has 1 aromatic carbocycles. The summed E-state index contributed by atoms with van der Waals surface area (Å²) in [5.74, 6) is 2.75. The molecule has 4 heterocycles. The summed E-state index contributed by atoms with van der Waals surface area (Å²) in [7, 11) is -0.451. The Morgan fingerprint density at radius 2 is 1.75 bits per heavy atom. The van der Waals surface area contributed by atoms with E-state index in [0.717, 1.165) is 34.3 Å². The highest BCUT2D eigenvalue weighted by Crippen LogP contribution is 2.39. The van der Waals surface area contributed by atoms with Crippen LogP contribution in [0.1, 0.15) is 52.2 Å². The maximum atomic E-state index is 6.32. The molecule has 1 atom stereocenters. The molecule has 166 valence electrons. The third kappa shape index (κ3) is 3.32. The quantitative estimate of drug-likeness (QED) is 0.545. The number of nitrogens with zero attached hydrogens (tertiary/aromatic N) is 5. The SMILES string of the molecule is Cc1nnc2n1-c1ccc(B3OC(C)(C)C(C)(C)O3)cc1N(c1ccc(Cl)cn1)C[C@H]2C. The fraction of sp³-hybridized carbons (Fsp3) is 0.435. The van der Waals surface area contributed by atoms with Gasteiger partial charge in [0.05, 0.1) is 27.6 Å². The van der Waals surface area contributed by atoms with Crippen LogP contribution < -0.4 is 10.4 Å². The van der Waals surface area contributed by atoms with Crippen LogP contribution in [0.25, 0.3) is 5.69 Å². The highest BCUT2D eigenvalue weighted by molar-refractivity contribution is 6.62. The number of anilines is 2. The van der Waals surface area contributed by atoms with Gasteiger partial charge in [0.1, 0.15) is 17.5 Å². The number of hydrogen-bond donors (Lipinski definition) is 0. The second-order valence-corrected chi connectivity index (χ2v) is 10.1. The van der Waals surface area contributed by atoms with Crippen molar-refractivity contribution in [3.05, 3.63) is 53.2 Å². The summed E-state index contributed by atoms with van der Waals surface area (Å²) in [6, 6.07) is 10.1. The van der Waals surface area contributed by atoms with Crippen molar-refractivity contribution in [2.45, 2.75) is 58.7 Å². The van der Waals surface area contributed by atoms with Crippen molar-refractivity contribution >= 4 is 35.7 Å². The molecule has 1 saturated heterocycles. The van der Waals surface area contributed by atoms with E-state index in [1.165, 1.54) is 0 Å². The van der Waals surface area contributed by atoms with Gasteiger partial charge in [-0.05, 0) is 64.3 Å². The summed E-state index contributed by atoms with van der Waals surface area (Å²) in [6.45, 7) is 13.1. The van der Waals surface area contributed by atoms with E-state index in [2.05, 4.69) is 77.5 Å². The topological polar surface area (TPSA) is 65.3 Å². The first-order valence-corrected chi connectivity index (χ1v) is 11.3. The summed E-state index contributed by atoms with van der Waals surface area (Å²) in [5, 5.41) is 9.43. The number of halogens is 1. The average Bonchev–Trinajstić information content (AvgIpc) is 3.17. The molecule has 0 radical (unpaired) electrons. The Kier molecular flexibility index (Phi) is 4.89. The maximum absolute atomic E-state index is 6.32. The average molecular weight is 452 g/mol. The van der Waals surface area contributed by atoms with Crippen molar-refractivity contribution in [1.29, 1.82) is 0 Å². The minimum absolute atomic E-state index is 0.140. The van der Waals surface area contributed by atoms with E-state index in [0.29, 0.717) is 11.6 Å². The van der Waals surface area contributed by atoms with Crippen LogP contribution in [-0.2, 0) is 9.31 Å². The van der Waals surface area contributed by atoms with E-state index in [9.17, 15) is 0 Å². The second-order valence-electron chi connectivity index (χ2n) is 9.62. The van der Waals surface area contributed by atoms with E-state index >= 15 is 0 Å². The van der Waals surface area contributed by atoms with Gasteiger partial charge in [0.15, 0.2) is 0 Å². The summed E-state index contributed by atoms with van der Waals surface area (Å²) < 4.78 is 14.8. The lowest BCUT2D eigenvalue weighted by Gasteiger charge is -2.32. The van der Waals surface area contributed by atoms with Crippen molar-refractivity contribution in [3.63, 3.8) is 0 Å². The molecular formula is C23H27BClN5O2. The molecule has 5 rings (SSSR count). The Hall–Kier alpha value is -2.42. The van der Waals surface area contributed by atoms with E-state index in [4.69, 9.17) is 20.9 Å². The van der Waals surface area contributed by atoms with Crippen molar-refractivity contribution in [1.82, 2.24) is 19.7 Å². The molecule has 0 N–H and O–H groups in total. The number of fused-ring (bicyclic) bond motifs is 3. The zero-order chi connectivity index (χ0) is 22.8. The predicted molar refractivity (Wildman–Crippen MR) is 126 cm³/mol. The van der Waals surface area contributed by atoms with E-state index in [-0.39, 0.29) is 5.92 Å². The highest BCUT2D eigenvalue weighted by Gasteiger charge is 2.52. The zero-order valence-corrected chi connectivity index (χ0v) is 20.0. The lowest BCUT2D eigenvalue weighted by Crippen LogP contribution is -2.41. The normalized spacial score (nSPS) is 21.3. The molecule has 32 heavy (non-hydrogen) atoms. The smallest absolute Gasteiger partial charge is 0.399 e. The molecule has 1 fully saturated rings. The summed E-state index contributed by atoms with van der Waals surface area (Å²) >= 11 is 6.12. The molecular weight excluding hydrogens is 425 g/mol. The first kappa shape index (κ1) is 21.4. The van der Waals surface area contributed by atoms with Crippen LogP contribution in [0.3, 0.4) is 0 Å². The highest BCUT2D eigenvalue weighted by atomic mass is 35.5. The van der Waals surface area contributed by atoms with Gasteiger partial charge in [-0.25, -0.2) is 4.98 Å². The van der Waals surface area contributed by atoms with Gasteiger partial charge in [0.25, 0.3) is 0 Å². The van der Waals surface area contributed by atoms with Crippen LogP contribution in [0.15, 0.2) is 36.5 Å². The van der Waals surface area contributed by atoms with Crippen molar-refractivity contribution in [2.24, 2.45) is 0 Å². The van der Waals surface area contributed by atoms with Gasteiger partial charge < -0.3 is 14.2 Å². The van der Waals surface area contributed by atoms with Gasteiger partial charge in [0, 0.05) is 18.7 Å². The number of hydrogen-bond acceptors (Lipinski definition) is 6.